The zero-order valence-corrected chi connectivity index (χ0v) is 15.9. The molecule has 134 valence electrons. The van der Waals surface area contributed by atoms with Crippen molar-refractivity contribution in [2.45, 2.75) is 20.8 Å². The number of furan rings is 1. The molecule has 0 spiro atoms. The molecule has 1 aromatic heterocycles. The molecule has 0 aliphatic rings. The normalized spacial score (nSPS) is 10.8. The smallest absolute Gasteiger partial charge is 0.258 e. The van der Waals surface area contributed by atoms with Crippen molar-refractivity contribution in [3.8, 4) is 0 Å². The Morgan fingerprint density at radius 3 is 2.31 bits per heavy atom. The van der Waals surface area contributed by atoms with Gasteiger partial charge in [-0.2, -0.15) is 0 Å². The van der Waals surface area contributed by atoms with Gasteiger partial charge >= 0.3 is 0 Å². The average Bonchev–Trinajstić information content (AvgIpc) is 2.82. The van der Waals surface area contributed by atoms with Gasteiger partial charge < -0.3 is 15.1 Å². The van der Waals surface area contributed by atoms with Crippen molar-refractivity contribution in [2.24, 2.45) is 0 Å². The largest absolute Gasteiger partial charge is 0.459 e. The zero-order valence-electron chi connectivity index (χ0n) is 14.4. The number of amides is 2. The minimum atomic E-state index is -0.464. The summed E-state index contributed by atoms with van der Waals surface area (Å²) in [5, 5.41) is 6.80. The number of benzene rings is 2. The third-order valence-corrected chi connectivity index (χ3v) is 4.66. The van der Waals surface area contributed by atoms with Gasteiger partial charge in [-0.3, -0.25) is 9.59 Å². The van der Waals surface area contributed by atoms with E-state index in [1.165, 1.54) is 6.92 Å². The van der Waals surface area contributed by atoms with Gasteiger partial charge in [-0.25, -0.2) is 0 Å². The molecule has 0 aliphatic carbocycles. The molecule has 26 heavy (non-hydrogen) atoms. The Hall–Kier alpha value is -2.50. The standard InChI is InChI=1S/C19H16Cl2N2O3/c1-9-10(2)26-18-13(9)7-12(22-11(3)24)8-16(18)23-19(25)17-14(20)5-4-6-15(17)21/h4-8H,1-3H3,(H,22,24)(H,23,25). The minimum Gasteiger partial charge on any atom is -0.459 e. The van der Waals surface area contributed by atoms with E-state index in [2.05, 4.69) is 10.6 Å². The van der Waals surface area contributed by atoms with Crippen LogP contribution in [0.5, 0.6) is 0 Å². The van der Waals surface area contributed by atoms with Crippen LogP contribution >= 0.6 is 23.2 Å². The summed E-state index contributed by atoms with van der Waals surface area (Å²) in [6, 6.07) is 8.28. The van der Waals surface area contributed by atoms with Crippen LogP contribution < -0.4 is 10.6 Å². The highest BCUT2D eigenvalue weighted by molar-refractivity contribution is 6.40. The maximum Gasteiger partial charge on any atom is 0.258 e. The van der Waals surface area contributed by atoms with Crippen molar-refractivity contribution >= 4 is 57.4 Å². The molecule has 3 aromatic rings. The van der Waals surface area contributed by atoms with Gasteiger partial charge in [0.15, 0.2) is 5.58 Å². The van der Waals surface area contributed by atoms with Gasteiger partial charge in [-0.05, 0) is 43.7 Å². The van der Waals surface area contributed by atoms with Crippen molar-refractivity contribution in [3.05, 3.63) is 57.3 Å². The number of aryl methyl sites for hydroxylation is 2. The van der Waals surface area contributed by atoms with Crippen molar-refractivity contribution in [2.75, 3.05) is 10.6 Å². The molecule has 0 bridgehead atoms. The number of halogens is 2. The quantitative estimate of drug-likeness (QED) is 0.613. The van der Waals surface area contributed by atoms with Crippen molar-refractivity contribution in [1.82, 2.24) is 0 Å². The van der Waals surface area contributed by atoms with E-state index in [0.29, 0.717) is 17.0 Å². The van der Waals surface area contributed by atoms with Crippen LogP contribution in [0.3, 0.4) is 0 Å². The van der Waals surface area contributed by atoms with E-state index >= 15 is 0 Å². The third-order valence-electron chi connectivity index (χ3n) is 4.03. The molecule has 3 rings (SSSR count). The number of rotatable bonds is 3. The zero-order chi connectivity index (χ0) is 19.0. The predicted octanol–water partition coefficient (Wildman–Crippen LogP) is 5.57. The maximum atomic E-state index is 12.7. The molecule has 0 saturated carbocycles. The first-order valence-corrected chi connectivity index (χ1v) is 8.60. The van der Waals surface area contributed by atoms with Crippen LogP contribution in [0, 0.1) is 13.8 Å². The van der Waals surface area contributed by atoms with Gasteiger partial charge in [0, 0.05) is 18.0 Å². The minimum absolute atomic E-state index is 0.175. The van der Waals surface area contributed by atoms with Gasteiger partial charge in [0.1, 0.15) is 5.76 Å². The summed E-state index contributed by atoms with van der Waals surface area (Å²) in [7, 11) is 0. The maximum absolute atomic E-state index is 12.7. The number of carbonyl (C=O) groups is 2. The molecule has 0 saturated heterocycles. The highest BCUT2D eigenvalue weighted by atomic mass is 35.5. The predicted molar refractivity (Wildman–Crippen MR) is 104 cm³/mol. The number of nitrogens with one attached hydrogen (secondary N) is 2. The van der Waals surface area contributed by atoms with Crippen LogP contribution in [0.25, 0.3) is 11.0 Å². The van der Waals surface area contributed by atoms with E-state index < -0.39 is 5.91 Å². The van der Waals surface area contributed by atoms with Gasteiger partial charge in [0.05, 0.1) is 21.3 Å². The van der Waals surface area contributed by atoms with Crippen LogP contribution in [0.2, 0.25) is 10.0 Å². The molecular weight excluding hydrogens is 375 g/mol. The SMILES string of the molecule is CC(=O)Nc1cc(NC(=O)c2c(Cl)cccc2Cl)c2oc(C)c(C)c2c1. The van der Waals surface area contributed by atoms with Crippen LogP contribution in [0.4, 0.5) is 11.4 Å². The Bertz CT molecular complexity index is 1020. The fourth-order valence-corrected chi connectivity index (χ4v) is 3.27. The fourth-order valence-electron chi connectivity index (χ4n) is 2.70. The van der Waals surface area contributed by atoms with E-state index in [-0.39, 0.29) is 21.5 Å². The van der Waals surface area contributed by atoms with E-state index in [1.54, 1.807) is 30.3 Å². The molecule has 0 fully saturated rings. The Morgan fingerprint density at radius 2 is 1.69 bits per heavy atom. The summed E-state index contributed by atoms with van der Waals surface area (Å²) < 4.78 is 5.79. The van der Waals surface area contributed by atoms with Crippen LogP contribution in [-0.2, 0) is 4.79 Å². The third kappa shape index (κ3) is 3.41. The van der Waals surface area contributed by atoms with Crippen molar-refractivity contribution in [3.63, 3.8) is 0 Å². The van der Waals surface area contributed by atoms with Crippen molar-refractivity contribution < 1.29 is 14.0 Å². The molecule has 2 amide bonds. The molecule has 0 aliphatic heterocycles. The molecule has 2 N–H and O–H groups in total. The lowest BCUT2D eigenvalue weighted by Crippen LogP contribution is -2.14. The molecule has 5 nitrogen and oxygen atoms in total. The lowest BCUT2D eigenvalue weighted by molar-refractivity contribution is -0.114. The van der Waals surface area contributed by atoms with Gasteiger partial charge in [0.25, 0.3) is 5.91 Å². The van der Waals surface area contributed by atoms with E-state index in [9.17, 15) is 9.59 Å². The topological polar surface area (TPSA) is 71.3 Å². The summed E-state index contributed by atoms with van der Waals surface area (Å²) in [4.78, 5) is 24.1. The summed E-state index contributed by atoms with van der Waals surface area (Å²) in [6.45, 7) is 5.17. The molecule has 2 aromatic carbocycles. The lowest BCUT2D eigenvalue weighted by atomic mass is 10.1. The second kappa shape index (κ2) is 7.02. The average molecular weight is 391 g/mol. The van der Waals surface area contributed by atoms with Crippen LogP contribution in [-0.4, -0.2) is 11.8 Å². The summed E-state index contributed by atoms with van der Waals surface area (Å²) in [5.41, 5.74) is 2.59. The molecule has 1 heterocycles. The molecule has 0 atom stereocenters. The van der Waals surface area contributed by atoms with E-state index in [0.717, 1.165) is 16.7 Å². The van der Waals surface area contributed by atoms with Gasteiger partial charge in [0.2, 0.25) is 5.91 Å². The summed E-state index contributed by atoms with van der Waals surface area (Å²) in [5.74, 6) is 0.0495. The molecule has 0 radical (unpaired) electrons. The fraction of sp³-hybridized carbons (Fsp3) is 0.158. The highest BCUT2D eigenvalue weighted by Gasteiger charge is 2.19. The Morgan fingerprint density at radius 1 is 1.04 bits per heavy atom. The molecule has 7 heteroatoms. The van der Waals surface area contributed by atoms with E-state index in [4.69, 9.17) is 27.6 Å². The molecular formula is C19H16Cl2N2O3. The number of hydrogen-bond acceptors (Lipinski definition) is 3. The number of anilines is 2. The Balaban J connectivity index is 2.10. The lowest BCUT2D eigenvalue weighted by Gasteiger charge is -2.11. The van der Waals surface area contributed by atoms with Crippen LogP contribution in [0.1, 0.15) is 28.6 Å². The summed E-state index contributed by atoms with van der Waals surface area (Å²) >= 11 is 12.2. The number of fused-ring (bicyclic) bond motifs is 1. The first kappa shape index (κ1) is 18.3. The number of hydrogen-bond donors (Lipinski definition) is 2. The van der Waals surface area contributed by atoms with Gasteiger partial charge in [-0.15, -0.1) is 0 Å². The number of carbonyl (C=O) groups excluding carboxylic acids is 2. The highest BCUT2D eigenvalue weighted by Crippen LogP contribution is 2.35. The first-order chi connectivity index (χ1) is 12.3. The second-order valence-electron chi connectivity index (χ2n) is 5.92. The monoisotopic (exact) mass is 390 g/mol. The second-order valence-corrected chi connectivity index (χ2v) is 6.73. The Kier molecular flexibility index (Phi) is 4.94. The van der Waals surface area contributed by atoms with Gasteiger partial charge in [-0.1, -0.05) is 29.3 Å². The summed E-state index contributed by atoms with van der Waals surface area (Å²) in [6.07, 6.45) is 0. The van der Waals surface area contributed by atoms with Crippen LogP contribution in [0.15, 0.2) is 34.7 Å². The molecule has 0 unspecified atom stereocenters. The van der Waals surface area contributed by atoms with Crippen molar-refractivity contribution in [1.29, 1.82) is 0 Å². The first-order valence-electron chi connectivity index (χ1n) is 7.84. The Labute approximate surface area is 160 Å². The van der Waals surface area contributed by atoms with E-state index in [1.807, 2.05) is 13.8 Å².